The number of nitrogens with zero attached hydrogens (tertiary/aromatic N) is 4. The van der Waals surface area contributed by atoms with Gasteiger partial charge in [0.1, 0.15) is 11.2 Å². The zero-order valence-corrected chi connectivity index (χ0v) is 25.1. The Morgan fingerprint density at radius 3 is 2.20 bits per heavy atom. The van der Waals surface area contributed by atoms with E-state index in [1.54, 1.807) is 11.3 Å². The Hall–Kier alpha value is -5.98. The van der Waals surface area contributed by atoms with Gasteiger partial charge >= 0.3 is 0 Å². The number of pyridine rings is 1. The number of benzene rings is 6. The molecule has 0 saturated heterocycles. The van der Waals surface area contributed by atoms with Crippen LogP contribution in [0.25, 0.3) is 97.8 Å². The smallest absolute Gasteiger partial charge is 0.167 e. The number of fused-ring (bicyclic) bond motifs is 9. The lowest BCUT2D eigenvalue weighted by molar-refractivity contribution is 0.670. The second kappa shape index (κ2) is 9.76. The van der Waals surface area contributed by atoms with Crippen LogP contribution in [0.4, 0.5) is 0 Å². The maximum absolute atomic E-state index is 6.59. The lowest BCUT2D eigenvalue weighted by Gasteiger charge is -2.11. The summed E-state index contributed by atoms with van der Waals surface area (Å²) in [5, 5.41) is 8.81. The predicted molar refractivity (Wildman–Crippen MR) is 189 cm³/mol. The molecule has 0 saturated carbocycles. The molecule has 0 atom stereocenters. The third-order valence-electron chi connectivity index (χ3n) is 8.79. The molecule has 46 heavy (non-hydrogen) atoms. The van der Waals surface area contributed by atoms with E-state index in [2.05, 4.69) is 102 Å². The Labute approximate surface area is 266 Å². The normalized spacial score (nSPS) is 11.9. The van der Waals surface area contributed by atoms with Gasteiger partial charge < -0.3 is 4.42 Å². The van der Waals surface area contributed by atoms with Crippen molar-refractivity contribution >= 4 is 75.0 Å². The van der Waals surface area contributed by atoms with Crippen LogP contribution in [0.1, 0.15) is 0 Å². The molecule has 0 aliphatic rings. The Balaban J connectivity index is 1.31. The Bertz CT molecular complexity index is 2830. The van der Waals surface area contributed by atoms with Crippen LogP contribution >= 0.6 is 11.3 Å². The second-order valence-electron chi connectivity index (χ2n) is 11.5. The van der Waals surface area contributed by atoms with Crippen molar-refractivity contribution in [3.63, 3.8) is 0 Å². The summed E-state index contributed by atoms with van der Waals surface area (Å²) < 4.78 is 9.03. The summed E-state index contributed by atoms with van der Waals surface area (Å²) in [6.07, 6.45) is 3.72. The molecule has 0 aliphatic carbocycles. The third kappa shape index (κ3) is 3.81. The quantitative estimate of drug-likeness (QED) is 0.200. The van der Waals surface area contributed by atoms with Gasteiger partial charge in [-0.25, -0.2) is 15.0 Å². The molecule has 0 fully saturated rings. The number of para-hydroxylation sites is 1. The minimum absolute atomic E-state index is 0.555. The van der Waals surface area contributed by atoms with Gasteiger partial charge in [-0.3, -0.25) is 4.98 Å². The van der Waals surface area contributed by atoms with Crippen molar-refractivity contribution < 1.29 is 4.42 Å². The van der Waals surface area contributed by atoms with E-state index < -0.39 is 0 Å². The van der Waals surface area contributed by atoms with E-state index in [4.69, 9.17) is 19.4 Å². The van der Waals surface area contributed by atoms with Crippen LogP contribution in [0, 0.1) is 0 Å². The van der Waals surface area contributed by atoms with Crippen LogP contribution in [-0.2, 0) is 0 Å². The fourth-order valence-corrected chi connectivity index (χ4v) is 7.81. The first-order valence-electron chi connectivity index (χ1n) is 15.1. The van der Waals surface area contributed by atoms with Gasteiger partial charge in [0.2, 0.25) is 0 Å². The first-order valence-corrected chi connectivity index (χ1v) is 15.9. The number of furan rings is 1. The van der Waals surface area contributed by atoms with Crippen molar-refractivity contribution in [3.8, 4) is 34.2 Å². The van der Waals surface area contributed by atoms with Crippen molar-refractivity contribution in [2.24, 2.45) is 0 Å². The van der Waals surface area contributed by atoms with E-state index in [1.807, 2.05) is 36.7 Å². The predicted octanol–water partition coefficient (Wildman–Crippen LogP) is 10.8. The average Bonchev–Trinajstić information content (AvgIpc) is 3.70. The van der Waals surface area contributed by atoms with E-state index in [-0.39, 0.29) is 0 Å². The van der Waals surface area contributed by atoms with E-state index in [1.165, 1.54) is 20.2 Å². The SMILES string of the molecule is c1ccc2cc(-c3nc(-c4cc5cnccc5c5c4oc4ccccc45)nc(-c4cccc5sc6ccccc6c45)n3)ccc2c1. The largest absolute Gasteiger partial charge is 0.455 e. The fourth-order valence-electron chi connectivity index (χ4n) is 6.67. The van der Waals surface area contributed by atoms with Gasteiger partial charge in [-0.15, -0.1) is 11.3 Å². The van der Waals surface area contributed by atoms with Crippen LogP contribution in [-0.4, -0.2) is 19.9 Å². The van der Waals surface area contributed by atoms with E-state index in [9.17, 15) is 0 Å². The van der Waals surface area contributed by atoms with Gasteiger partial charge in [-0.2, -0.15) is 0 Å². The van der Waals surface area contributed by atoms with Crippen molar-refractivity contribution in [3.05, 3.63) is 134 Å². The lowest BCUT2D eigenvalue weighted by Crippen LogP contribution is -2.01. The van der Waals surface area contributed by atoms with E-state index in [0.29, 0.717) is 17.5 Å². The summed E-state index contributed by atoms with van der Waals surface area (Å²) in [5.74, 6) is 1.79. The minimum Gasteiger partial charge on any atom is -0.455 e. The molecule has 5 nitrogen and oxygen atoms in total. The lowest BCUT2D eigenvalue weighted by atomic mass is 10.0. The molecular weight excluding hydrogens is 585 g/mol. The number of hydrogen-bond donors (Lipinski definition) is 0. The molecule has 0 unspecified atom stereocenters. The molecule has 6 heteroatoms. The maximum Gasteiger partial charge on any atom is 0.167 e. The summed E-state index contributed by atoms with van der Waals surface area (Å²) in [7, 11) is 0. The van der Waals surface area contributed by atoms with Crippen molar-refractivity contribution in [2.75, 3.05) is 0 Å². The number of thiophene rings is 1. The highest BCUT2D eigenvalue weighted by molar-refractivity contribution is 7.25. The van der Waals surface area contributed by atoms with Gasteiger partial charge in [-0.05, 0) is 52.6 Å². The molecule has 4 heterocycles. The monoisotopic (exact) mass is 606 g/mol. The van der Waals surface area contributed by atoms with E-state index in [0.717, 1.165) is 60.2 Å². The molecule has 4 aromatic heterocycles. The molecule has 0 aliphatic heterocycles. The van der Waals surface area contributed by atoms with Crippen LogP contribution in [0.15, 0.2) is 138 Å². The standard InChI is InChI=1S/C40H22N4OS/c1-2-9-24-20-25(17-16-23(24)8-1)38-42-39(30-12-7-15-34-35(30)29-11-4-6-14-33(29)46-34)44-40(43-38)31-21-26-22-41-19-18-27(26)36-28-10-3-5-13-32(28)45-37(31)36/h1-22H. The Kier molecular flexibility index (Phi) is 5.38. The molecule has 6 aromatic carbocycles. The van der Waals surface area contributed by atoms with Crippen molar-refractivity contribution in [2.45, 2.75) is 0 Å². The topological polar surface area (TPSA) is 64.7 Å². The maximum atomic E-state index is 6.59. The van der Waals surface area contributed by atoms with Gasteiger partial charge in [0.15, 0.2) is 17.5 Å². The summed E-state index contributed by atoms with van der Waals surface area (Å²) in [6.45, 7) is 0. The second-order valence-corrected chi connectivity index (χ2v) is 12.6. The molecule has 0 N–H and O–H groups in total. The van der Waals surface area contributed by atoms with Gasteiger partial charge in [-0.1, -0.05) is 84.9 Å². The number of aromatic nitrogens is 4. The first kappa shape index (κ1) is 25.4. The molecule has 10 rings (SSSR count). The molecule has 0 bridgehead atoms. The molecule has 0 amide bonds. The summed E-state index contributed by atoms with van der Waals surface area (Å²) >= 11 is 1.79. The van der Waals surface area contributed by atoms with Crippen molar-refractivity contribution in [1.29, 1.82) is 0 Å². The fraction of sp³-hybridized carbons (Fsp3) is 0. The van der Waals surface area contributed by atoms with Crippen LogP contribution in [0.2, 0.25) is 0 Å². The number of hydrogen-bond acceptors (Lipinski definition) is 6. The highest BCUT2D eigenvalue weighted by Gasteiger charge is 2.21. The van der Waals surface area contributed by atoms with E-state index >= 15 is 0 Å². The van der Waals surface area contributed by atoms with Crippen LogP contribution in [0.3, 0.4) is 0 Å². The first-order chi connectivity index (χ1) is 22.8. The highest BCUT2D eigenvalue weighted by atomic mass is 32.1. The molecule has 0 spiro atoms. The Morgan fingerprint density at radius 2 is 1.26 bits per heavy atom. The van der Waals surface area contributed by atoms with Gasteiger partial charge in [0.25, 0.3) is 0 Å². The summed E-state index contributed by atoms with van der Waals surface area (Å²) in [5.41, 5.74) is 4.28. The molecule has 10 aromatic rings. The summed E-state index contributed by atoms with van der Waals surface area (Å²) in [4.78, 5) is 20.0. The molecular formula is C40H22N4OS. The zero-order chi connectivity index (χ0) is 30.2. The van der Waals surface area contributed by atoms with Crippen LogP contribution < -0.4 is 0 Å². The highest BCUT2D eigenvalue weighted by Crippen LogP contribution is 2.42. The average molecular weight is 607 g/mol. The third-order valence-corrected chi connectivity index (χ3v) is 9.92. The molecule has 0 radical (unpaired) electrons. The summed E-state index contributed by atoms with van der Waals surface area (Å²) in [6, 6.07) is 41.9. The van der Waals surface area contributed by atoms with Crippen molar-refractivity contribution in [1.82, 2.24) is 19.9 Å². The Morgan fingerprint density at radius 1 is 0.500 bits per heavy atom. The van der Waals surface area contributed by atoms with Gasteiger partial charge in [0.05, 0.1) is 5.56 Å². The minimum atomic E-state index is 0.555. The molecule has 214 valence electrons. The van der Waals surface area contributed by atoms with Crippen LogP contribution in [0.5, 0.6) is 0 Å². The number of rotatable bonds is 3. The zero-order valence-electron chi connectivity index (χ0n) is 24.3. The van der Waals surface area contributed by atoms with Gasteiger partial charge in [0, 0.05) is 59.9 Å².